The number of hydrogen-bond acceptors (Lipinski definition) is 5. The molecule has 0 radical (unpaired) electrons. The van der Waals surface area contributed by atoms with Crippen molar-refractivity contribution in [2.24, 2.45) is 0 Å². The smallest absolute Gasteiger partial charge is 0.340 e. The lowest BCUT2D eigenvalue weighted by molar-refractivity contribution is 0.0278. The second-order valence-electron chi connectivity index (χ2n) is 6.01. The van der Waals surface area contributed by atoms with Crippen LogP contribution in [-0.2, 0) is 4.74 Å². The SMILES string of the molecule is CC[C@H](OC(=O)c1ccccc1NC(=O)c1ccco1)C(=O)c1ccccc1. The van der Waals surface area contributed by atoms with Crippen molar-refractivity contribution in [2.45, 2.75) is 19.4 Å². The van der Waals surface area contributed by atoms with Gasteiger partial charge in [0, 0.05) is 5.56 Å². The minimum absolute atomic E-state index is 0.119. The number of carbonyl (C=O) groups excluding carboxylic acids is 3. The fraction of sp³-hybridized carbons (Fsp3) is 0.136. The lowest BCUT2D eigenvalue weighted by Gasteiger charge is -2.16. The standard InChI is InChI=1S/C22H19NO5/c1-2-18(20(24)15-9-4-3-5-10-15)28-22(26)16-11-6-7-12-17(16)23-21(25)19-13-8-14-27-19/h3-14,18H,2H2,1H3,(H,23,25)/t18-/m0/s1. The van der Waals surface area contributed by atoms with Gasteiger partial charge in [-0.3, -0.25) is 9.59 Å². The van der Waals surface area contributed by atoms with Gasteiger partial charge in [0.05, 0.1) is 17.5 Å². The van der Waals surface area contributed by atoms with E-state index in [4.69, 9.17) is 9.15 Å². The Hall–Kier alpha value is -3.67. The number of nitrogens with one attached hydrogen (secondary N) is 1. The predicted molar refractivity (Wildman–Crippen MR) is 103 cm³/mol. The minimum Gasteiger partial charge on any atom is -0.459 e. The van der Waals surface area contributed by atoms with Crippen LogP contribution in [0.2, 0.25) is 0 Å². The lowest BCUT2D eigenvalue weighted by atomic mass is 10.0. The Morgan fingerprint density at radius 3 is 2.36 bits per heavy atom. The molecule has 0 aliphatic carbocycles. The molecule has 0 bridgehead atoms. The summed E-state index contributed by atoms with van der Waals surface area (Å²) >= 11 is 0. The summed E-state index contributed by atoms with van der Waals surface area (Å²) in [7, 11) is 0. The van der Waals surface area contributed by atoms with Gasteiger partial charge < -0.3 is 14.5 Å². The molecule has 0 saturated carbocycles. The summed E-state index contributed by atoms with van der Waals surface area (Å²) in [6.45, 7) is 1.77. The average Bonchev–Trinajstić information content (AvgIpc) is 3.27. The Kier molecular flexibility index (Phi) is 6.01. The quantitative estimate of drug-likeness (QED) is 0.489. The number of furan rings is 1. The molecule has 1 heterocycles. The number of anilines is 1. The third-order valence-electron chi connectivity index (χ3n) is 4.11. The Morgan fingerprint density at radius 1 is 0.964 bits per heavy atom. The molecule has 0 unspecified atom stereocenters. The molecular weight excluding hydrogens is 358 g/mol. The van der Waals surface area contributed by atoms with Crippen molar-refractivity contribution in [2.75, 3.05) is 5.32 Å². The van der Waals surface area contributed by atoms with Gasteiger partial charge in [0.2, 0.25) is 5.78 Å². The maximum Gasteiger partial charge on any atom is 0.340 e. The largest absolute Gasteiger partial charge is 0.459 e. The summed E-state index contributed by atoms with van der Waals surface area (Å²) in [6, 6.07) is 18.2. The maximum atomic E-state index is 12.7. The minimum atomic E-state index is -0.913. The van der Waals surface area contributed by atoms with Gasteiger partial charge in [-0.2, -0.15) is 0 Å². The normalized spacial score (nSPS) is 11.5. The highest BCUT2D eigenvalue weighted by atomic mass is 16.5. The van der Waals surface area contributed by atoms with E-state index in [1.807, 2.05) is 6.07 Å². The summed E-state index contributed by atoms with van der Waals surface area (Å²) in [6.07, 6.45) is 0.806. The first kappa shape index (κ1) is 19.1. The van der Waals surface area contributed by atoms with E-state index >= 15 is 0 Å². The average molecular weight is 377 g/mol. The monoisotopic (exact) mass is 377 g/mol. The van der Waals surface area contributed by atoms with Gasteiger partial charge in [0.25, 0.3) is 5.91 Å². The Bertz CT molecular complexity index is 964. The van der Waals surface area contributed by atoms with Gasteiger partial charge in [-0.25, -0.2) is 4.79 Å². The molecule has 0 saturated heterocycles. The highest BCUT2D eigenvalue weighted by Crippen LogP contribution is 2.20. The van der Waals surface area contributed by atoms with Crippen LogP contribution in [0.1, 0.15) is 44.6 Å². The highest BCUT2D eigenvalue weighted by Gasteiger charge is 2.25. The van der Waals surface area contributed by atoms with Gasteiger partial charge in [0.15, 0.2) is 11.9 Å². The van der Waals surface area contributed by atoms with Crippen molar-refractivity contribution in [3.63, 3.8) is 0 Å². The topological polar surface area (TPSA) is 85.6 Å². The number of para-hydroxylation sites is 1. The van der Waals surface area contributed by atoms with E-state index in [0.717, 1.165) is 0 Å². The van der Waals surface area contributed by atoms with Crippen LogP contribution in [0.15, 0.2) is 77.4 Å². The third-order valence-corrected chi connectivity index (χ3v) is 4.11. The zero-order valence-corrected chi connectivity index (χ0v) is 15.3. The van der Waals surface area contributed by atoms with E-state index in [2.05, 4.69) is 5.32 Å². The molecule has 1 amide bonds. The maximum absolute atomic E-state index is 12.7. The van der Waals surface area contributed by atoms with Crippen molar-refractivity contribution in [3.05, 3.63) is 89.9 Å². The summed E-state index contributed by atoms with van der Waals surface area (Å²) in [4.78, 5) is 37.5. The molecule has 3 rings (SSSR count). The number of ether oxygens (including phenoxy) is 1. The van der Waals surface area contributed by atoms with Crippen LogP contribution in [0.4, 0.5) is 5.69 Å². The molecular formula is C22H19NO5. The molecule has 1 atom stereocenters. The van der Waals surface area contributed by atoms with Crippen molar-refractivity contribution in [1.82, 2.24) is 0 Å². The second-order valence-corrected chi connectivity index (χ2v) is 6.01. The molecule has 0 aliphatic heterocycles. The number of Topliss-reactive ketones (excluding diaryl/α,β-unsaturated/α-hetero) is 1. The number of amides is 1. The molecule has 2 aromatic carbocycles. The predicted octanol–water partition coefficient (Wildman–Crippen LogP) is 4.35. The van der Waals surface area contributed by atoms with Gasteiger partial charge in [-0.15, -0.1) is 0 Å². The fourth-order valence-electron chi connectivity index (χ4n) is 2.67. The van der Waals surface area contributed by atoms with Crippen LogP contribution in [0.3, 0.4) is 0 Å². The summed E-state index contributed by atoms with van der Waals surface area (Å²) in [5.74, 6) is -1.33. The molecule has 0 fully saturated rings. The Balaban J connectivity index is 1.76. The zero-order valence-electron chi connectivity index (χ0n) is 15.3. The second kappa shape index (κ2) is 8.81. The number of carbonyl (C=O) groups is 3. The molecule has 142 valence electrons. The molecule has 0 spiro atoms. The summed E-state index contributed by atoms with van der Waals surface area (Å²) in [5, 5.41) is 2.63. The third kappa shape index (κ3) is 4.35. The number of rotatable bonds is 7. The molecule has 0 aliphatic rings. The van der Waals surface area contributed by atoms with E-state index in [9.17, 15) is 14.4 Å². The van der Waals surface area contributed by atoms with E-state index in [1.165, 1.54) is 18.4 Å². The number of ketones is 1. The number of benzene rings is 2. The molecule has 6 heteroatoms. The van der Waals surface area contributed by atoms with Crippen LogP contribution in [-0.4, -0.2) is 23.8 Å². The van der Waals surface area contributed by atoms with Crippen molar-refractivity contribution < 1.29 is 23.5 Å². The van der Waals surface area contributed by atoms with Crippen LogP contribution in [0.25, 0.3) is 0 Å². The van der Waals surface area contributed by atoms with E-state index < -0.39 is 18.0 Å². The van der Waals surface area contributed by atoms with Gasteiger partial charge >= 0.3 is 5.97 Å². The Labute approximate surface area is 162 Å². The van der Waals surface area contributed by atoms with Crippen LogP contribution < -0.4 is 5.32 Å². The number of esters is 1. The first-order valence-corrected chi connectivity index (χ1v) is 8.84. The van der Waals surface area contributed by atoms with Crippen LogP contribution in [0.5, 0.6) is 0 Å². The van der Waals surface area contributed by atoms with Crippen molar-refractivity contribution >= 4 is 23.3 Å². The molecule has 6 nitrogen and oxygen atoms in total. The Morgan fingerprint density at radius 2 is 1.68 bits per heavy atom. The highest BCUT2D eigenvalue weighted by molar-refractivity contribution is 6.07. The number of hydrogen-bond donors (Lipinski definition) is 1. The van der Waals surface area contributed by atoms with Gasteiger partial charge in [0.1, 0.15) is 0 Å². The van der Waals surface area contributed by atoms with Crippen LogP contribution in [0, 0.1) is 0 Å². The van der Waals surface area contributed by atoms with E-state index in [-0.39, 0.29) is 22.8 Å². The van der Waals surface area contributed by atoms with Crippen molar-refractivity contribution in [3.8, 4) is 0 Å². The fourth-order valence-corrected chi connectivity index (χ4v) is 2.67. The zero-order chi connectivity index (χ0) is 19.9. The molecule has 28 heavy (non-hydrogen) atoms. The molecule has 1 N–H and O–H groups in total. The summed E-state index contributed by atoms with van der Waals surface area (Å²) < 4.78 is 10.5. The van der Waals surface area contributed by atoms with Crippen molar-refractivity contribution in [1.29, 1.82) is 0 Å². The molecule has 3 aromatic rings. The van der Waals surface area contributed by atoms with Gasteiger partial charge in [-0.05, 0) is 30.7 Å². The van der Waals surface area contributed by atoms with Crippen LogP contribution >= 0.6 is 0 Å². The van der Waals surface area contributed by atoms with Gasteiger partial charge in [-0.1, -0.05) is 49.4 Å². The summed E-state index contributed by atoms with van der Waals surface area (Å²) in [5.41, 5.74) is 0.902. The van der Waals surface area contributed by atoms with E-state index in [0.29, 0.717) is 12.0 Å². The molecule has 1 aromatic heterocycles. The van der Waals surface area contributed by atoms with E-state index in [1.54, 1.807) is 55.5 Å². The first-order valence-electron chi connectivity index (χ1n) is 8.84. The lowest BCUT2D eigenvalue weighted by Crippen LogP contribution is -2.27. The first-order chi connectivity index (χ1) is 13.6.